The molecular formula is C16H33N3. The van der Waals surface area contributed by atoms with E-state index in [0.29, 0.717) is 6.04 Å². The van der Waals surface area contributed by atoms with Crippen LogP contribution in [0.3, 0.4) is 0 Å². The van der Waals surface area contributed by atoms with Crippen LogP contribution in [0.4, 0.5) is 0 Å². The van der Waals surface area contributed by atoms with Crippen LogP contribution in [0.1, 0.15) is 46.5 Å². The molecule has 2 fully saturated rings. The number of piperazine rings is 1. The minimum absolute atomic E-state index is 0.713. The van der Waals surface area contributed by atoms with Crippen molar-refractivity contribution in [2.75, 3.05) is 39.3 Å². The first-order valence-electron chi connectivity index (χ1n) is 8.41. The van der Waals surface area contributed by atoms with Crippen LogP contribution in [-0.2, 0) is 0 Å². The zero-order chi connectivity index (χ0) is 13.7. The summed E-state index contributed by atoms with van der Waals surface area (Å²) < 4.78 is 0. The van der Waals surface area contributed by atoms with Gasteiger partial charge in [-0.25, -0.2) is 0 Å². The van der Waals surface area contributed by atoms with E-state index in [4.69, 9.17) is 0 Å². The first kappa shape index (κ1) is 15.3. The van der Waals surface area contributed by atoms with Crippen LogP contribution >= 0.6 is 0 Å². The van der Waals surface area contributed by atoms with Gasteiger partial charge >= 0.3 is 0 Å². The number of hydrogen-bond acceptors (Lipinski definition) is 3. The molecule has 0 bridgehead atoms. The van der Waals surface area contributed by atoms with Crippen molar-refractivity contribution in [3.05, 3.63) is 0 Å². The molecule has 0 spiro atoms. The smallest absolute Gasteiger partial charge is 0.0113 e. The van der Waals surface area contributed by atoms with Gasteiger partial charge in [0.2, 0.25) is 0 Å². The van der Waals surface area contributed by atoms with Crippen molar-refractivity contribution in [2.24, 2.45) is 5.92 Å². The Balaban J connectivity index is 1.72. The fourth-order valence-corrected chi connectivity index (χ4v) is 3.68. The summed E-state index contributed by atoms with van der Waals surface area (Å²) in [6, 6.07) is 1.63. The number of hydrogen-bond donors (Lipinski definition) is 1. The Hall–Kier alpha value is -0.120. The minimum Gasteiger partial charge on any atom is -0.317 e. The Bertz CT molecular complexity index is 242. The maximum absolute atomic E-state index is 3.48. The van der Waals surface area contributed by atoms with Crippen molar-refractivity contribution in [1.29, 1.82) is 0 Å². The van der Waals surface area contributed by atoms with Gasteiger partial charge in [0.05, 0.1) is 0 Å². The predicted octanol–water partition coefficient (Wildman–Crippen LogP) is 2.18. The summed E-state index contributed by atoms with van der Waals surface area (Å²) in [5.41, 5.74) is 0. The zero-order valence-electron chi connectivity index (χ0n) is 13.2. The maximum Gasteiger partial charge on any atom is 0.0113 e. The van der Waals surface area contributed by atoms with Gasteiger partial charge in [-0.1, -0.05) is 26.7 Å². The van der Waals surface area contributed by atoms with E-state index >= 15 is 0 Å². The third-order valence-corrected chi connectivity index (χ3v) is 5.31. The van der Waals surface area contributed by atoms with Gasteiger partial charge in [-0.2, -0.15) is 0 Å². The van der Waals surface area contributed by atoms with Gasteiger partial charge in [-0.15, -0.1) is 0 Å². The molecule has 3 nitrogen and oxygen atoms in total. The van der Waals surface area contributed by atoms with E-state index in [1.54, 1.807) is 0 Å². The monoisotopic (exact) mass is 267 g/mol. The van der Waals surface area contributed by atoms with Crippen LogP contribution in [0.15, 0.2) is 0 Å². The number of rotatable bonds is 6. The molecule has 1 saturated carbocycles. The first-order chi connectivity index (χ1) is 9.22. The molecular weight excluding hydrogens is 234 g/mol. The van der Waals surface area contributed by atoms with Gasteiger partial charge in [-0.3, -0.25) is 9.80 Å². The first-order valence-corrected chi connectivity index (χ1v) is 8.41. The largest absolute Gasteiger partial charge is 0.317 e. The van der Waals surface area contributed by atoms with Gasteiger partial charge in [0.1, 0.15) is 0 Å². The Kier molecular flexibility index (Phi) is 6.11. The van der Waals surface area contributed by atoms with Crippen LogP contribution in [0, 0.1) is 5.92 Å². The van der Waals surface area contributed by atoms with E-state index in [9.17, 15) is 0 Å². The summed E-state index contributed by atoms with van der Waals surface area (Å²) in [5.74, 6) is 0.748. The maximum atomic E-state index is 3.48. The molecule has 19 heavy (non-hydrogen) atoms. The molecule has 2 rings (SSSR count). The summed E-state index contributed by atoms with van der Waals surface area (Å²) >= 11 is 0. The lowest BCUT2D eigenvalue weighted by atomic mass is 10.0. The lowest BCUT2D eigenvalue weighted by Gasteiger charge is -2.42. The van der Waals surface area contributed by atoms with E-state index in [1.165, 1.54) is 51.9 Å². The van der Waals surface area contributed by atoms with Crippen molar-refractivity contribution < 1.29 is 0 Å². The molecule has 2 aliphatic rings. The standard InChI is InChI=1S/C16H33N3/c1-4-17-13-14(2)15(3)18-9-11-19(12-10-18)16-7-5-6-8-16/h14-17H,4-13H2,1-3H3. The highest BCUT2D eigenvalue weighted by Gasteiger charge is 2.28. The van der Waals surface area contributed by atoms with Crippen LogP contribution < -0.4 is 5.32 Å². The molecule has 1 aliphatic carbocycles. The molecule has 0 radical (unpaired) electrons. The highest BCUT2D eigenvalue weighted by Crippen LogP contribution is 2.25. The van der Waals surface area contributed by atoms with Crippen molar-refractivity contribution in [3.8, 4) is 0 Å². The second-order valence-corrected chi connectivity index (χ2v) is 6.54. The Labute approximate surface area is 119 Å². The minimum atomic E-state index is 0.713. The van der Waals surface area contributed by atoms with Gasteiger partial charge in [0.15, 0.2) is 0 Å². The molecule has 0 amide bonds. The lowest BCUT2D eigenvalue weighted by Crippen LogP contribution is -2.54. The van der Waals surface area contributed by atoms with E-state index in [-0.39, 0.29) is 0 Å². The molecule has 0 aromatic rings. The van der Waals surface area contributed by atoms with Gasteiger partial charge in [0, 0.05) is 38.3 Å². The molecule has 1 aliphatic heterocycles. The van der Waals surface area contributed by atoms with Crippen molar-refractivity contribution in [1.82, 2.24) is 15.1 Å². The Morgan fingerprint density at radius 1 is 1.05 bits per heavy atom. The SMILES string of the molecule is CCNCC(C)C(C)N1CCN(C2CCCC2)CC1. The Morgan fingerprint density at radius 3 is 2.26 bits per heavy atom. The van der Waals surface area contributed by atoms with Crippen LogP contribution in [-0.4, -0.2) is 61.2 Å². The van der Waals surface area contributed by atoms with Crippen molar-refractivity contribution in [3.63, 3.8) is 0 Å². The Morgan fingerprint density at radius 2 is 1.68 bits per heavy atom. The van der Waals surface area contributed by atoms with Crippen LogP contribution in [0.2, 0.25) is 0 Å². The highest BCUT2D eigenvalue weighted by molar-refractivity contribution is 4.85. The quantitative estimate of drug-likeness (QED) is 0.796. The van der Waals surface area contributed by atoms with Gasteiger partial charge < -0.3 is 5.32 Å². The molecule has 1 saturated heterocycles. The predicted molar refractivity (Wildman–Crippen MR) is 82.6 cm³/mol. The summed E-state index contributed by atoms with van der Waals surface area (Å²) in [5, 5.41) is 3.48. The molecule has 2 unspecified atom stereocenters. The van der Waals surface area contributed by atoms with Gasteiger partial charge in [-0.05, 0) is 38.8 Å². The van der Waals surface area contributed by atoms with Crippen LogP contribution in [0.5, 0.6) is 0 Å². The molecule has 0 aromatic carbocycles. The van der Waals surface area contributed by atoms with E-state index < -0.39 is 0 Å². The molecule has 1 heterocycles. The van der Waals surface area contributed by atoms with Gasteiger partial charge in [0.25, 0.3) is 0 Å². The average Bonchev–Trinajstić information content (AvgIpc) is 2.98. The average molecular weight is 267 g/mol. The van der Waals surface area contributed by atoms with E-state index in [0.717, 1.165) is 25.0 Å². The summed E-state index contributed by atoms with van der Waals surface area (Å²) in [6.07, 6.45) is 5.82. The highest BCUT2D eigenvalue weighted by atomic mass is 15.3. The van der Waals surface area contributed by atoms with Crippen LogP contribution in [0.25, 0.3) is 0 Å². The fourth-order valence-electron chi connectivity index (χ4n) is 3.68. The molecule has 2 atom stereocenters. The van der Waals surface area contributed by atoms with E-state index in [1.807, 2.05) is 0 Å². The summed E-state index contributed by atoms with van der Waals surface area (Å²) in [6.45, 7) is 14.4. The fraction of sp³-hybridized carbons (Fsp3) is 1.00. The zero-order valence-corrected chi connectivity index (χ0v) is 13.2. The second-order valence-electron chi connectivity index (χ2n) is 6.54. The normalized spacial score (nSPS) is 26.7. The topological polar surface area (TPSA) is 18.5 Å². The number of nitrogens with one attached hydrogen (secondary N) is 1. The summed E-state index contributed by atoms with van der Waals surface area (Å²) in [7, 11) is 0. The molecule has 112 valence electrons. The summed E-state index contributed by atoms with van der Waals surface area (Å²) in [4.78, 5) is 5.46. The molecule has 0 aromatic heterocycles. The number of nitrogens with zero attached hydrogens (tertiary/aromatic N) is 2. The van der Waals surface area contributed by atoms with Crippen molar-refractivity contribution in [2.45, 2.75) is 58.5 Å². The van der Waals surface area contributed by atoms with E-state index in [2.05, 4.69) is 35.9 Å². The molecule has 1 N–H and O–H groups in total. The molecule has 3 heteroatoms. The third-order valence-electron chi connectivity index (χ3n) is 5.31. The third kappa shape index (κ3) is 4.17. The van der Waals surface area contributed by atoms with Crippen molar-refractivity contribution >= 4 is 0 Å². The second kappa shape index (κ2) is 7.61. The lowest BCUT2D eigenvalue weighted by molar-refractivity contribution is 0.0590.